The number of nitrogens with one attached hydrogen (secondary N) is 2. The number of nitrogens with zero attached hydrogens (tertiary/aromatic N) is 1. The Morgan fingerprint density at radius 2 is 1.85 bits per heavy atom. The summed E-state index contributed by atoms with van der Waals surface area (Å²) in [6.07, 6.45) is 4.67. The number of anilines is 1. The van der Waals surface area contributed by atoms with E-state index in [1.807, 2.05) is 20.8 Å². The van der Waals surface area contributed by atoms with Crippen LogP contribution in [0.2, 0.25) is 0 Å². The number of sulfonamides is 1. The van der Waals surface area contributed by atoms with Crippen molar-refractivity contribution >= 4 is 21.6 Å². The van der Waals surface area contributed by atoms with Gasteiger partial charge in [0, 0.05) is 18.8 Å². The van der Waals surface area contributed by atoms with Crippen molar-refractivity contribution in [2.45, 2.75) is 56.8 Å². The summed E-state index contributed by atoms with van der Waals surface area (Å²) in [7, 11) is -3.61. The van der Waals surface area contributed by atoms with Gasteiger partial charge in [-0.05, 0) is 88.2 Å². The van der Waals surface area contributed by atoms with Crippen LogP contribution < -0.4 is 10.0 Å². The standard InChI is InChI=1S/C20H29N3O3S/c1-14-10-15(11-16-17(14)22-18(24)19(16,2)3)27(25,26)21-12-20(6-7-20)13-23-8-4-5-9-23/h10-11,21H,4-9,12-13H2,1-3H3,(H,22,24). The Morgan fingerprint density at radius 1 is 1.19 bits per heavy atom. The van der Waals surface area contributed by atoms with E-state index >= 15 is 0 Å². The van der Waals surface area contributed by atoms with Crippen molar-refractivity contribution < 1.29 is 13.2 Å². The third-order valence-corrected chi connectivity index (χ3v) is 7.83. The molecule has 148 valence electrons. The molecule has 1 amide bonds. The highest BCUT2D eigenvalue weighted by Gasteiger charge is 2.45. The summed E-state index contributed by atoms with van der Waals surface area (Å²) >= 11 is 0. The molecule has 0 bridgehead atoms. The largest absolute Gasteiger partial charge is 0.325 e. The number of aryl methyl sites for hydroxylation is 1. The van der Waals surface area contributed by atoms with Crippen LogP contribution in [-0.4, -0.2) is 45.4 Å². The Balaban J connectivity index is 1.52. The first-order valence-electron chi connectivity index (χ1n) is 9.82. The SMILES string of the molecule is Cc1cc(S(=O)(=O)NCC2(CN3CCCC3)CC2)cc2c1NC(=O)C2(C)C. The second kappa shape index (κ2) is 6.29. The van der Waals surface area contributed by atoms with Gasteiger partial charge in [0.1, 0.15) is 0 Å². The second-order valence-electron chi connectivity index (χ2n) is 9.05. The zero-order chi connectivity index (χ0) is 19.4. The Morgan fingerprint density at radius 3 is 2.48 bits per heavy atom. The molecule has 4 rings (SSSR count). The zero-order valence-electron chi connectivity index (χ0n) is 16.4. The number of hydrogen-bond donors (Lipinski definition) is 2. The Bertz CT molecular complexity index is 882. The van der Waals surface area contributed by atoms with Crippen LogP contribution in [0.5, 0.6) is 0 Å². The molecule has 0 unspecified atom stereocenters. The number of carbonyl (C=O) groups excluding carboxylic acids is 1. The third kappa shape index (κ3) is 3.41. The van der Waals surface area contributed by atoms with Crippen LogP contribution in [-0.2, 0) is 20.2 Å². The summed E-state index contributed by atoms with van der Waals surface area (Å²) in [6.45, 7) is 9.24. The maximum atomic E-state index is 13.0. The topological polar surface area (TPSA) is 78.5 Å². The van der Waals surface area contributed by atoms with E-state index in [0.717, 1.165) is 49.3 Å². The van der Waals surface area contributed by atoms with Crippen LogP contribution in [0.15, 0.2) is 17.0 Å². The van der Waals surface area contributed by atoms with E-state index in [9.17, 15) is 13.2 Å². The number of benzene rings is 1. The molecule has 6 nitrogen and oxygen atoms in total. The van der Waals surface area contributed by atoms with Gasteiger partial charge < -0.3 is 10.2 Å². The Labute approximate surface area is 161 Å². The Hall–Kier alpha value is -1.44. The van der Waals surface area contributed by atoms with Crippen LogP contribution in [0.4, 0.5) is 5.69 Å². The molecule has 0 radical (unpaired) electrons. The van der Waals surface area contributed by atoms with Crippen molar-refractivity contribution in [3.8, 4) is 0 Å². The smallest absolute Gasteiger partial charge is 0.240 e. The fourth-order valence-corrected chi connectivity index (χ4v) is 5.54. The molecule has 1 aromatic carbocycles. The maximum Gasteiger partial charge on any atom is 0.240 e. The van der Waals surface area contributed by atoms with Crippen molar-refractivity contribution in [1.82, 2.24) is 9.62 Å². The zero-order valence-corrected chi connectivity index (χ0v) is 17.2. The summed E-state index contributed by atoms with van der Waals surface area (Å²) in [6, 6.07) is 3.31. The monoisotopic (exact) mass is 391 g/mol. The minimum absolute atomic E-state index is 0.0920. The molecule has 1 aliphatic carbocycles. The highest BCUT2D eigenvalue weighted by atomic mass is 32.2. The summed E-state index contributed by atoms with van der Waals surface area (Å²) < 4.78 is 28.8. The van der Waals surface area contributed by atoms with E-state index in [1.165, 1.54) is 12.8 Å². The lowest BCUT2D eigenvalue weighted by molar-refractivity contribution is -0.119. The Kier molecular flexibility index (Phi) is 4.40. The molecule has 2 N–H and O–H groups in total. The molecule has 1 saturated carbocycles. The lowest BCUT2D eigenvalue weighted by Crippen LogP contribution is -2.37. The van der Waals surface area contributed by atoms with Gasteiger partial charge in [0.05, 0.1) is 10.3 Å². The number of carbonyl (C=O) groups is 1. The lowest BCUT2D eigenvalue weighted by atomic mass is 9.85. The van der Waals surface area contributed by atoms with Gasteiger partial charge in [-0.2, -0.15) is 0 Å². The molecular formula is C20H29N3O3S. The normalized spacial score (nSPS) is 23.3. The summed E-state index contributed by atoms with van der Waals surface area (Å²) in [5.41, 5.74) is 1.66. The van der Waals surface area contributed by atoms with Gasteiger partial charge in [-0.3, -0.25) is 4.79 Å². The highest BCUT2D eigenvalue weighted by molar-refractivity contribution is 7.89. The van der Waals surface area contributed by atoms with Crippen LogP contribution in [0, 0.1) is 12.3 Å². The van der Waals surface area contributed by atoms with E-state index < -0.39 is 15.4 Å². The molecule has 0 aromatic heterocycles. The predicted octanol–water partition coefficient (Wildman–Crippen LogP) is 2.38. The predicted molar refractivity (Wildman–Crippen MR) is 105 cm³/mol. The molecule has 1 aromatic rings. The van der Waals surface area contributed by atoms with Crippen molar-refractivity contribution in [2.75, 3.05) is 31.5 Å². The van der Waals surface area contributed by atoms with Gasteiger partial charge >= 0.3 is 0 Å². The fraction of sp³-hybridized carbons (Fsp3) is 0.650. The van der Waals surface area contributed by atoms with Gasteiger partial charge in [0.25, 0.3) is 0 Å². The highest BCUT2D eigenvalue weighted by Crippen LogP contribution is 2.46. The first-order chi connectivity index (χ1) is 12.6. The second-order valence-corrected chi connectivity index (χ2v) is 10.8. The fourth-order valence-electron chi connectivity index (χ4n) is 4.27. The molecule has 3 aliphatic rings. The summed E-state index contributed by atoms with van der Waals surface area (Å²) in [5.74, 6) is -0.0920. The van der Waals surface area contributed by atoms with Crippen molar-refractivity contribution in [2.24, 2.45) is 5.41 Å². The van der Waals surface area contributed by atoms with Crippen LogP contribution in [0.1, 0.15) is 50.7 Å². The van der Waals surface area contributed by atoms with Gasteiger partial charge in [-0.15, -0.1) is 0 Å². The first-order valence-corrected chi connectivity index (χ1v) is 11.3. The average Bonchev–Trinajstić information content (AvgIpc) is 3.08. The van der Waals surface area contributed by atoms with Crippen molar-refractivity contribution in [1.29, 1.82) is 0 Å². The van der Waals surface area contributed by atoms with Gasteiger partial charge in [-0.25, -0.2) is 13.1 Å². The summed E-state index contributed by atoms with van der Waals surface area (Å²) in [4.78, 5) is 14.9. The van der Waals surface area contributed by atoms with Crippen molar-refractivity contribution in [3.63, 3.8) is 0 Å². The number of rotatable bonds is 6. The third-order valence-electron chi connectivity index (χ3n) is 6.45. The van der Waals surface area contributed by atoms with Crippen LogP contribution >= 0.6 is 0 Å². The van der Waals surface area contributed by atoms with E-state index in [0.29, 0.717) is 6.54 Å². The quantitative estimate of drug-likeness (QED) is 0.780. The van der Waals surface area contributed by atoms with E-state index in [4.69, 9.17) is 0 Å². The molecule has 2 aliphatic heterocycles. The maximum absolute atomic E-state index is 13.0. The molecule has 2 fully saturated rings. The van der Waals surface area contributed by atoms with Crippen LogP contribution in [0.3, 0.4) is 0 Å². The summed E-state index contributed by atoms with van der Waals surface area (Å²) in [5, 5.41) is 2.88. The van der Waals surface area contributed by atoms with E-state index in [2.05, 4.69) is 14.9 Å². The molecule has 7 heteroatoms. The van der Waals surface area contributed by atoms with Crippen LogP contribution in [0.25, 0.3) is 0 Å². The lowest BCUT2D eigenvalue weighted by Gasteiger charge is -2.23. The van der Waals surface area contributed by atoms with Gasteiger partial charge in [0.15, 0.2) is 0 Å². The van der Waals surface area contributed by atoms with Gasteiger partial charge in [-0.1, -0.05) is 0 Å². The molecule has 1 saturated heterocycles. The molecule has 27 heavy (non-hydrogen) atoms. The van der Waals surface area contributed by atoms with E-state index in [1.54, 1.807) is 12.1 Å². The molecular weight excluding hydrogens is 362 g/mol. The average molecular weight is 392 g/mol. The molecule has 0 spiro atoms. The minimum Gasteiger partial charge on any atom is -0.325 e. The van der Waals surface area contributed by atoms with Gasteiger partial charge in [0.2, 0.25) is 15.9 Å². The number of likely N-dealkylation sites (tertiary alicyclic amines) is 1. The van der Waals surface area contributed by atoms with Crippen molar-refractivity contribution in [3.05, 3.63) is 23.3 Å². The molecule has 2 heterocycles. The number of hydrogen-bond acceptors (Lipinski definition) is 4. The number of amides is 1. The number of fused-ring (bicyclic) bond motifs is 1. The first kappa shape index (κ1) is 18.9. The van der Waals surface area contributed by atoms with E-state index in [-0.39, 0.29) is 16.2 Å². The minimum atomic E-state index is -3.61. The molecule has 0 atom stereocenters.